The molecule has 1 heterocycles. The van der Waals surface area contributed by atoms with Crippen molar-refractivity contribution >= 4 is 5.91 Å². The van der Waals surface area contributed by atoms with E-state index in [-0.39, 0.29) is 25.5 Å². The lowest BCUT2D eigenvalue weighted by Gasteiger charge is -2.08. The fraction of sp³-hybridized carbons (Fsp3) is 0.375. The number of alkyl halides is 3. The number of rotatable bonds is 8. The normalized spacial score (nSPS) is 11.5. The fourth-order valence-electron chi connectivity index (χ4n) is 2.01. The second-order valence-electron chi connectivity index (χ2n) is 5.15. The second-order valence-corrected chi connectivity index (χ2v) is 5.15. The van der Waals surface area contributed by atoms with E-state index in [4.69, 9.17) is 0 Å². The molecule has 0 radical (unpaired) electrons. The summed E-state index contributed by atoms with van der Waals surface area (Å²) in [7, 11) is 0. The van der Waals surface area contributed by atoms with E-state index in [0.717, 1.165) is 11.3 Å². The van der Waals surface area contributed by atoms with Crippen molar-refractivity contribution in [1.29, 1.82) is 0 Å². The Bertz CT molecular complexity index is 642. The quantitative estimate of drug-likeness (QED) is 0.751. The van der Waals surface area contributed by atoms with Gasteiger partial charge in [0, 0.05) is 19.2 Å². The number of amides is 1. The summed E-state index contributed by atoms with van der Waals surface area (Å²) in [6.07, 6.45) is -0.0769. The molecule has 2 rings (SSSR count). The van der Waals surface area contributed by atoms with Gasteiger partial charge >= 0.3 is 6.18 Å². The summed E-state index contributed by atoms with van der Waals surface area (Å²) in [5, 5.41) is 6.75. The van der Waals surface area contributed by atoms with Crippen LogP contribution in [0.2, 0.25) is 0 Å². The highest BCUT2D eigenvalue weighted by molar-refractivity contribution is 5.76. The first-order valence-corrected chi connectivity index (χ1v) is 7.44. The number of benzene rings is 1. The number of aromatic nitrogens is 2. The van der Waals surface area contributed by atoms with E-state index in [1.807, 2.05) is 36.5 Å². The minimum Gasteiger partial charge on any atom is -0.370 e. The van der Waals surface area contributed by atoms with Crippen molar-refractivity contribution in [3.8, 4) is 5.69 Å². The topological polar surface area (TPSA) is 56.2 Å². The van der Waals surface area contributed by atoms with Crippen LogP contribution in [0.3, 0.4) is 0 Å². The number of hydrogen-bond acceptors (Lipinski definition) is 3. The summed E-state index contributed by atoms with van der Waals surface area (Å²) in [6.45, 7) is -1.42. The number of ether oxygens (including phenoxy) is 1. The average molecular weight is 341 g/mol. The Morgan fingerprint density at radius 2 is 2.00 bits per heavy atom. The monoisotopic (exact) mass is 341 g/mol. The maximum Gasteiger partial charge on any atom is 0.411 e. The van der Waals surface area contributed by atoms with Gasteiger partial charge in [-0.25, -0.2) is 4.68 Å². The predicted octanol–water partition coefficient (Wildman–Crippen LogP) is 2.50. The van der Waals surface area contributed by atoms with Crippen molar-refractivity contribution in [1.82, 2.24) is 15.1 Å². The number of halogens is 3. The zero-order chi connectivity index (χ0) is 17.4. The van der Waals surface area contributed by atoms with Crippen molar-refractivity contribution in [2.75, 3.05) is 19.8 Å². The minimum absolute atomic E-state index is 0.0538. The molecule has 1 N–H and O–H groups in total. The zero-order valence-electron chi connectivity index (χ0n) is 12.9. The number of para-hydroxylation sites is 1. The molecular formula is C16H18F3N3O2. The van der Waals surface area contributed by atoms with Gasteiger partial charge in [-0.15, -0.1) is 0 Å². The lowest BCUT2D eigenvalue weighted by molar-refractivity contribution is -0.173. The van der Waals surface area contributed by atoms with Crippen LogP contribution in [0, 0.1) is 0 Å². The molecule has 0 atom stereocenters. The van der Waals surface area contributed by atoms with Crippen LogP contribution in [-0.2, 0) is 16.0 Å². The lowest BCUT2D eigenvalue weighted by Crippen LogP contribution is -2.29. The largest absolute Gasteiger partial charge is 0.411 e. The maximum atomic E-state index is 11.9. The van der Waals surface area contributed by atoms with Crippen LogP contribution in [0.15, 0.2) is 42.7 Å². The van der Waals surface area contributed by atoms with E-state index in [9.17, 15) is 18.0 Å². The van der Waals surface area contributed by atoms with E-state index in [1.54, 1.807) is 10.9 Å². The van der Waals surface area contributed by atoms with E-state index < -0.39 is 12.8 Å². The van der Waals surface area contributed by atoms with Gasteiger partial charge < -0.3 is 10.1 Å². The average Bonchev–Trinajstić information content (AvgIpc) is 3.01. The number of nitrogens with one attached hydrogen (secondary N) is 1. The molecule has 2 aromatic rings. The molecule has 0 aliphatic carbocycles. The Labute approximate surface area is 137 Å². The first-order valence-electron chi connectivity index (χ1n) is 7.44. The van der Waals surface area contributed by atoms with E-state index in [0.29, 0.717) is 6.42 Å². The number of nitrogens with zero attached hydrogens (tertiary/aromatic N) is 2. The minimum atomic E-state index is -4.34. The van der Waals surface area contributed by atoms with Gasteiger partial charge in [-0.1, -0.05) is 18.2 Å². The molecule has 1 aromatic carbocycles. The number of carbonyl (C=O) groups is 1. The summed E-state index contributed by atoms with van der Waals surface area (Å²) in [6, 6.07) is 9.57. The molecule has 1 amide bonds. The van der Waals surface area contributed by atoms with Gasteiger partial charge in [-0.05, 0) is 24.1 Å². The standard InChI is InChI=1S/C16H18F3N3O2/c17-16(18,19)12-24-9-8-20-15(23)7-6-13-10-21-22(11-13)14-4-2-1-3-5-14/h1-5,10-11H,6-9,12H2,(H,20,23). The summed E-state index contributed by atoms with van der Waals surface area (Å²) >= 11 is 0. The molecular weight excluding hydrogens is 323 g/mol. The van der Waals surface area contributed by atoms with Crippen LogP contribution in [-0.4, -0.2) is 41.6 Å². The first kappa shape index (κ1) is 18.0. The van der Waals surface area contributed by atoms with Crippen LogP contribution in [0.1, 0.15) is 12.0 Å². The molecule has 0 saturated heterocycles. The van der Waals surface area contributed by atoms with Crippen molar-refractivity contribution in [2.45, 2.75) is 19.0 Å². The summed E-state index contributed by atoms with van der Waals surface area (Å²) < 4.78 is 41.7. The highest BCUT2D eigenvalue weighted by atomic mass is 19.4. The zero-order valence-corrected chi connectivity index (χ0v) is 12.9. The van der Waals surface area contributed by atoms with E-state index in [1.165, 1.54) is 0 Å². The van der Waals surface area contributed by atoms with Crippen LogP contribution in [0.4, 0.5) is 13.2 Å². The number of carbonyl (C=O) groups excluding carboxylic acids is 1. The van der Waals surface area contributed by atoms with Crippen molar-refractivity contribution in [3.63, 3.8) is 0 Å². The molecule has 24 heavy (non-hydrogen) atoms. The van der Waals surface area contributed by atoms with Gasteiger partial charge in [0.1, 0.15) is 6.61 Å². The van der Waals surface area contributed by atoms with E-state index >= 15 is 0 Å². The van der Waals surface area contributed by atoms with Gasteiger partial charge in [0.15, 0.2) is 0 Å². The predicted molar refractivity (Wildman–Crippen MR) is 81.8 cm³/mol. The maximum absolute atomic E-state index is 11.9. The van der Waals surface area contributed by atoms with Gasteiger partial charge in [-0.3, -0.25) is 4.79 Å². The molecule has 0 spiro atoms. The Kier molecular flexibility index (Phi) is 6.36. The number of hydrogen-bond donors (Lipinski definition) is 1. The molecule has 0 aliphatic heterocycles. The van der Waals surface area contributed by atoms with Crippen LogP contribution < -0.4 is 5.32 Å². The van der Waals surface area contributed by atoms with E-state index in [2.05, 4.69) is 15.2 Å². The Morgan fingerprint density at radius 3 is 2.71 bits per heavy atom. The third-order valence-electron chi connectivity index (χ3n) is 3.13. The molecule has 1 aromatic heterocycles. The van der Waals surface area contributed by atoms with Crippen LogP contribution in [0.5, 0.6) is 0 Å². The molecule has 130 valence electrons. The third-order valence-corrected chi connectivity index (χ3v) is 3.13. The van der Waals surface area contributed by atoms with Crippen molar-refractivity contribution in [3.05, 3.63) is 48.3 Å². The van der Waals surface area contributed by atoms with Crippen LogP contribution >= 0.6 is 0 Å². The van der Waals surface area contributed by atoms with Gasteiger partial charge in [0.25, 0.3) is 0 Å². The summed E-state index contributed by atoms with van der Waals surface area (Å²) in [5.74, 6) is -0.238. The SMILES string of the molecule is O=C(CCc1cnn(-c2ccccc2)c1)NCCOCC(F)(F)F. The summed E-state index contributed by atoms with van der Waals surface area (Å²) in [4.78, 5) is 11.6. The highest BCUT2D eigenvalue weighted by Crippen LogP contribution is 2.14. The number of aryl methyl sites for hydroxylation is 1. The molecule has 0 saturated carbocycles. The Balaban J connectivity index is 1.66. The van der Waals surface area contributed by atoms with Gasteiger partial charge in [-0.2, -0.15) is 18.3 Å². The molecule has 0 aliphatic rings. The summed E-state index contributed by atoms with van der Waals surface area (Å²) in [5.41, 5.74) is 1.83. The molecule has 0 fully saturated rings. The first-order chi connectivity index (χ1) is 11.4. The molecule has 0 bridgehead atoms. The molecule has 0 unspecified atom stereocenters. The fourth-order valence-corrected chi connectivity index (χ4v) is 2.01. The smallest absolute Gasteiger partial charge is 0.370 e. The second kappa shape index (κ2) is 8.49. The lowest BCUT2D eigenvalue weighted by atomic mass is 10.2. The Hall–Kier alpha value is -2.35. The van der Waals surface area contributed by atoms with Crippen molar-refractivity contribution in [2.24, 2.45) is 0 Å². The third kappa shape index (κ3) is 6.41. The molecule has 8 heteroatoms. The van der Waals surface area contributed by atoms with Gasteiger partial charge in [0.2, 0.25) is 5.91 Å². The molecule has 5 nitrogen and oxygen atoms in total. The highest BCUT2D eigenvalue weighted by Gasteiger charge is 2.27. The van der Waals surface area contributed by atoms with Crippen molar-refractivity contribution < 1.29 is 22.7 Å². The van der Waals surface area contributed by atoms with Gasteiger partial charge in [0.05, 0.1) is 18.5 Å². The van der Waals surface area contributed by atoms with Crippen LogP contribution in [0.25, 0.3) is 5.69 Å². The Morgan fingerprint density at radius 1 is 1.25 bits per heavy atom.